The van der Waals surface area contributed by atoms with Gasteiger partial charge in [0.05, 0.1) is 18.7 Å². The zero-order valence-corrected chi connectivity index (χ0v) is 19.1. The van der Waals surface area contributed by atoms with Crippen molar-refractivity contribution in [2.45, 2.75) is 39.8 Å². The van der Waals surface area contributed by atoms with Crippen molar-refractivity contribution in [3.05, 3.63) is 75.0 Å². The first-order valence-electron chi connectivity index (χ1n) is 11.0. The van der Waals surface area contributed by atoms with Gasteiger partial charge in [-0.1, -0.05) is 19.1 Å². The molecule has 1 aliphatic rings. The van der Waals surface area contributed by atoms with Gasteiger partial charge in [-0.05, 0) is 44.0 Å². The molecule has 0 aliphatic carbocycles. The Morgan fingerprint density at radius 2 is 2.03 bits per heavy atom. The highest BCUT2D eigenvalue weighted by molar-refractivity contribution is 5.92. The minimum atomic E-state index is -0.761. The number of H-pyrrole nitrogens is 1. The van der Waals surface area contributed by atoms with Crippen LogP contribution in [-0.2, 0) is 17.8 Å². The van der Waals surface area contributed by atoms with Crippen LogP contribution in [0.5, 0.6) is 0 Å². The lowest BCUT2D eigenvalue weighted by Crippen LogP contribution is -2.31. The number of hydrogen-bond acceptors (Lipinski definition) is 6. The van der Waals surface area contributed by atoms with Gasteiger partial charge in [-0.15, -0.1) is 0 Å². The maximum atomic E-state index is 15.0. The molecule has 0 saturated heterocycles. The molecule has 0 radical (unpaired) electrons. The van der Waals surface area contributed by atoms with Crippen LogP contribution in [0, 0.1) is 11.8 Å². The van der Waals surface area contributed by atoms with E-state index in [0.717, 1.165) is 0 Å². The normalized spacial score (nSPS) is 14.5. The van der Waals surface area contributed by atoms with Crippen molar-refractivity contribution >= 4 is 22.5 Å². The molecule has 0 fully saturated rings. The minimum Gasteiger partial charge on any atom is -0.349 e. The number of amides is 1. The van der Waals surface area contributed by atoms with Gasteiger partial charge in [0.15, 0.2) is 5.82 Å². The Balaban J connectivity index is 1.48. The summed E-state index contributed by atoms with van der Waals surface area (Å²) in [7, 11) is 0. The minimum absolute atomic E-state index is 0.000674. The van der Waals surface area contributed by atoms with Crippen LogP contribution in [-0.4, -0.2) is 45.1 Å². The summed E-state index contributed by atoms with van der Waals surface area (Å²) in [5, 5.41) is 4.21. The Kier molecular flexibility index (Phi) is 6.80. The number of hydrogen-bond donors (Lipinski definition) is 2. The van der Waals surface area contributed by atoms with Gasteiger partial charge in [-0.25, -0.2) is 14.4 Å². The van der Waals surface area contributed by atoms with E-state index in [0.29, 0.717) is 28.8 Å². The summed E-state index contributed by atoms with van der Waals surface area (Å²) in [6.07, 6.45) is 2.22. The van der Waals surface area contributed by atoms with E-state index < -0.39 is 23.2 Å². The average Bonchev–Trinajstić information content (AvgIpc) is 2.81. The average molecular weight is 469 g/mol. The number of halogens is 2. The molecule has 178 valence electrons. The van der Waals surface area contributed by atoms with Crippen molar-refractivity contribution < 1.29 is 18.4 Å². The molecule has 0 bridgehead atoms. The molecule has 4 rings (SSSR count). The lowest BCUT2D eigenvalue weighted by atomic mass is 10.1. The van der Waals surface area contributed by atoms with Gasteiger partial charge in [-0.2, -0.15) is 9.45 Å². The SMILES string of the molecule is CCc1nc2ccc(CN3CC=C(c4ccc(C(=O)NC(C)C)nc4F)CO3)c(F)c2[nH]c1=O. The van der Waals surface area contributed by atoms with E-state index in [2.05, 4.69) is 20.3 Å². The van der Waals surface area contributed by atoms with Gasteiger partial charge >= 0.3 is 0 Å². The molecule has 10 heteroatoms. The molecule has 8 nitrogen and oxygen atoms in total. The highest BCUT2D eigenvalue weighted by Gasteiger charge is 2.21. The number of pyridine rings is 1. The molecule has 0 unspecified atom stereocenters. The number of aromatic amines is 1. The summed E-state index contributed by atoms with van der Waals surface area (Å²) in [5.41, 5.74) is 1.54. The molecule has 0 saturated carbocycles. The Morgan fingerprint density at radius 1 is 1.24 bits per heavy atom. The van der Waals surface area contributed by atoms with Crippen molar-refractivity contribution in [2.24, 2.45) is 0 Å². The van der Waals surface area contributed by atoms with Gasteiger partial charge < -0.3 is 10.3 Å². The Labute approximate surface area is 194 Å². The van der Waals surface area contributed by atoms with E-state index in [1.165, 1.54) is 17.2 Å². The molecule has 2 aromatic heterocycles. The topological polar surface area (TPSA) is 100 Å². The lowest BCUT2D eigenvalue weighted by molar-refractivity contribution is -0.151. The first-order chi connectivity index (χ1) is 16.3. The number of nitrogens with zero attached hydrogens (tertiary/aromatic N) is 3. The molecule has 1 aliphatic heterocycles. The smallest absolute Gasteiger partial charge is 0.270 e. The molecule has 1 amide bonds. The third-order valence-corrected chi connectivity index (χ3v) is 5.43. The van der Waals surface area contributed by atoms with E-state index in [1.807, 2.05) is 6.92 Å². The number of rotatable bonds is 6. The second kappa shape index (κ2) is 9.78. The molecule has 3 heterocycles. The third kappa shape index (κ3) is 4.87. The second-order valence-corrected chi connectivity index (χ2v) is 8.29. The van der Waals surface area contributed by atoms with E-state index in [-0.39, 0.29) is 42.5 Å². The summed E-state index contributed by atoms with van der Waals surface area (Å²) in [5.74, 6) is -1.77. The number of carbonyl (C=O) groups is 1. The molecular formula is C24H25F2N5O3. The molecule has 3 aromatic rings. The lowest BCUT2D eigenvalue weighted by Gasteiger charge is -2.26. The van der Waals surface area contributed by atoms with E-state index in [9.17, 15) is 14.0 Å². The van der Waals surface area contributed by atoms with Crippen molar-refractivity contribution in [3.8, 4) is 0 Å². The van der Waals surface area contributed by atoms with Crippen LogP contribution < -0.4 is 10.9 Å². The quantitative estimate of drug-likeness (QED) is 0.538. The summed E-state index contributed by atoms with van der Waals surface area (Å²) in [6, 6.07) is 6.14. The van der Waals surface area contributed by atoms with Crippen LogP contribution in [0.3, 0.4) is 0 Å². The van der Waals surface area contributed by atoms with Crippen molar-refractivity contribution in [1.82, 2.24) is 25.3 Å². The number of carbonyl (C=O) groups excluding carboxylic acids is 1. The summed E-state index contributed by atoms with van der Waals surface area (Å²) >= 11 is 0. The van der Waals surface area contributed by atoms with Crippen LogP contribution in [0.2, 0.25) is 0 Å². The monoisotopic (exact) mass is 469 g/mol. The van der Waals surface area contributed by atoms with Gasteiger partial charge in [0.1, 0.15) is 16.9 Å². The van der Waals surface area contributed by atoms with Crippen LogP contribution >= 0.6 is 0 Å². The zero-order valence-electron chi connectivity index (χ0n) is 19.1. The van der Waals surface area contributed by atoms with Crippen molar-refractivity contribution in [3.63, 3.8) is 0 Å². The van der Waals surface area contributed by atoms with Crippen LogP contribution in [0.1, 0.15) is 48.1 Å². The Bertz CT molecular complexity index is 1340. The molecule has 1 aromatic carbocycles. The van der Waals surface area contributed by atoms with E-state index in [1.54, 1.807) is 32.1 Å². The van der Waals surface area contributed by atoms with E-state index in [4.69, 9.17) is 4.84 Å². The Hall–Kier alpha value is -3.50. The van der Waals surface area contributed by atoms with Crippen LogP contribution in [0.4, 0.5) is 8.78 Å². The summed E-state index contributed by atoms with van der Waals surface area (Å²) in [4.78, 5) is 40.3. The van der Waals surface area contributed by atoms with Crippen LogP contribution in [0.25, 0.3) is 16.6 Å². The van der Waals surface area contributed by atoms with Gasteiger partial charge in [0.2, 0.25) is 5.95 Å². The predicted octanol–water partition coefficient (Wildman–Crippen LogP) is 3.13. The fourth-order valence-corrected chi connectivity index (χ4v) is 3.67. The Morgan fingerprint density at radius 3 is 2.68 bits per heavy atom. The first kappa shape index (κ1) is 23.7. The highest BCUT2D eigenvalue weighted by atomic mass is 19.1. The third-order valence-electron chi connectivity index (χ3n) is 5.43. The second-order valence-electron chi connectivity index (χ2n) is 8.29. The van der Waals surface area contributed by atoms with Gasteiger partial charge in [0.25, 0.3) is 11.5 Å². The molecule has 34 heavy (non-hydrogen) atoms. The molecule has 0 atom stereocenters. The molecule has 0 spiro atoms. The number of nitrogens with one attached hydrogen (secondary N) is 2. The maximum Gasteiger partial charge on any atom is 0.270 e. The predicted molar refractivity (Wildman–Crippen MR) is 123 cm³/mol. The number of fused-ring (bicyclic) bond motifs is 1. The standard InChI is InChI=1S/C24H25F2N5O3/c1-4-17-23(32)30-21-18(28-17)7-5-14(20(21)25)11-31-10-9-15(12-34-31)16-6-8-19(29-22(16)26)24(33)27-13(2)3/h5-9,13H,4,10-12H2,1-3H3,(H,27,33)(H,30,32). The largest absolute Gasteiger partial charge is 0.349 e. The van der Waals surface area contributed by atoms with E-state index >= 15 is 4.39 Å². The summed E-state index contributed by atoms with van der Waals surface area (Å²) in [6.45, 7) is 5.89. The van der Waals surface area contributed by atoms with Crippen molar-refractivity contribution in [2.75, 3.05) is 13.2 Å². The van der Waals surface area contributed by atoms with Gasteiger partial charge in [0, 0.05) is 23.7 Å². The fourth-order valence-electron chi connectivity index (χ4n) is 3.67. The maximum absolute atomic E-state index is 15.0. The van der Waals surface area contributed by atoms with Crippen LogP contribution in [0.15, 0.2) is 35.1 Å². The number of aryl methyl sites for hydroxylation is 1. The summed E-state index contributed by atoms with van der Waals surface area (Å²) < 4.78 is 29.6. The zero-order chi connectivity index (χ0) is 24.4. The number of aromatic nitrogens is 3. The number of hydroxylamine groups is 2. The first-order valence-corrected chi connectivity index (χ1v) is 11.0. The molecule has 2 N–H and O–H groups in total. The van der Waals surface area contributed by atoms with Gasteiger partial charge in [-0.3, -0.25) is 14.4 Å². The fraction of sp³-hybridized carbons (Fsp3) is 0.333. The number of benzene rings is 1. The van der Waals surface area contributed by atoms with Crippen molar-refractivity contribution in [1.29, 1.82) is 0 Å². The molecular weight excluding hydrogens is 444 g/mol. The highest BCUT2D eigenvalue weighted by Crippen LogP contribution is 2.24.